The summed E-state index contributed by atoms with van der Waals surface area (Å²) < 4.78 is 130. The van der Waals surface area contributed by atoms with E-state index in [1.807, 2.05) is 270 Å². The molecule has 4 aromatic heterocycles. The molecule has 0 fully saturated rings. The number of pyridine rings is 3. The fourth-order valence-corrected chi connectivity index (χ4v) is 21.8. The number of aryl methyl sites for hydroxylation is 4. The Bertz CT molecular complexity index is 7420. The molecule has 0 bridgehead atoms. The summed E-state index contributed by atoms with van der Waals surface area (Å²) in [5.74, 6) is 1.33. The first-order valence-electron chi connectivity index (χ1n) is 39.9. The smallest absolute Gasteiger partial charge is 0.631 e. The fraction of sp³-hybridized carbons (Fsp3) is 0.0396. The summed E-state index contributed by atoms with van der Waals surface area (Å²) in [5.41, 5.74) is 16.5. The Morgan fingerprint density at radius 1 is 0.266 bits per heavy atom. The van der Waals surface area contributed by atoms with Crippen molar-refractivity contribution in [3.63, 3.8) is 0 Å². The van der Waals surface area contributed by atoms with Crippen LogP contribution in [0.5, 0.6) is 11.5 Å². The predicted molar refractivity (Wildman–Crippen MR) is 506 cm³/mol. The van der Waals surface area contributed by atoms with Crippen molar-refractivity contribution < 1.29 is 80.2 Å². The SMILES string of the molecule is Cc1ccc2cccc([N]([Al][O]c3c(C)cccc3C)S(=O)(=O)c3ccccc3)c2n1.Cc1ccc2cccc([N]([Al][O]c3ccc(-c4ccccc4)cc3)S(=O)(=O)c3ccccc3)c2n1.O=S(=O)([N-]c1cccc2cc3ccccc3nc12)c1ccc(-c2ccccc2)cc1.O=S(=O)([N-]c1cccc2nc3ccccc3nc12)c1ccc(-c2ccccc2)cc1.[Zn].[Zn]. The number of nitrogens with zero attached hydrogens (tertiary/aromatic N) is 9. The molecule has 0 unspecified atom stereocenters. The Morgan fingerprint density at radius 2 is 0.609 bits per heavy atom. The van der Waals surface area contributed by atoms with Crippen LogP contribution in [0.3, 0.4) is 0 Å². The monoisotopic (exact) mass is 1890 g/mol. The van der Waals surface area contributed by atoms with Crippen molar-refractivity contribution in [3.05, 3.63) is 426 Å². The summed E-state index contributed by atoms with van der Waals surface area (Å²) in [7, 11) is -15.5. The van der Waals surface area contributed by atoms with Gasteiger partial charge in [-0.3, -0.25) is 9.97 Å². The van der Waals surface area contributed by atoms with Crippen molar-refractivity contribution in [3.8, 4) is 44.9 Å². The molecule has 2 radical (unpaired) electrons. The molecule has 0 aliphatic rings. The minimum absolute atomic E-state index is 0. The van der Waals surface area contributed by atoms with Crippen molar-refractivity contribution in [1.29, 1.82) is 0 Å². The van der Waals surface area contributed by atoms with Gasteiger partial charge in [0, 0.05) is 66.5 Å². The van der Waals surface area contributed by atoms with Crippen molar-refractivity contribution in [1.82, 2.24) is 24.9 Å². The van der Waals surface area contributed by atoms with E-state index < -0.39 is 71.6 Å². The largest absolute Gasteiger partial charge is 0.730 e. The number of anilines is 2. The Morgan fingerprint density at radius 3 is 1.08 bits per heavy atom. The summed E-state index contributed by atoms with van der Waals surface area (Å²) in [6.07, 6.45) is 0. The molecule has 0 saturated heterocycles. The van der Waals surface area contributed by atoms with Crippen LogP contribution in [0, 0.1) is 27.7 Å². The molecule has 4 heterocycles. The van der Waals surface area contributed by atoms with Crippen LogP contribution in [0.2, 0.25) is 0 Å². The zero-order valence-electron chi connectivity index (χ0n) is 69.8. The number of hydrogen-bond acceptors (Lipinski definition) is 15. The van der Waals surface area contributed by atoms with Crippen LogP contribution in [0.25, 0.3) is 109 Å². The fourth-order valence-electron chi connectivity index (χ4n) is 14.1. The molecule has 0 aliphatic carbocycles. The van der Waals surface area contributed by atoms with Gasteiger partial charge in [0.1, 0.15) is 20.0 Å². The third-order valence-electron chi connectivity index (χ3n) is 20.5. The van der Waals surface area contributed by atoms with Crippen LogP contribution in [0.4, 0.5) is 22.7 Å². The number of aromatic nitrogens is 5. The average Bonchev–Trinajstić information content (AvgIpc) is 0.762. The Labute approximate surface area is 782 Å². The summed E-state index contributed by atoms with van der Waals surface area (Å²) in [6, 6.07) is 120. The van der Waals surface area contributed by atoms with Crippen LogP contribution >= 0.6 is 0 Å². The van der Waals surface area contributed by atoms with Gasteiger partial charge in [0.25, 0.3) is 0 Å². The number of rotatable bonds is 21. The van der Waals surface area contributed by atoms with Gasteiger partial charge in [0.2, 0.25) is 20.0 Å². The second-order valence-electron chi connectivity index (χ2n) is 29.2. The van der Waals surface area contributed by atoms with Gasteiger partial charge in [-0.05, 0) is 193 Å². The van der Waals surface area contributed by atoms with Crippen molar-refractivity contribution >= 4 is 160 Å². The molecular weight excluding hydrogens is 1810 g/mol. The van der Waals surface area contributed by atoms with E-state index in [-0.39, 0.29) is 64.2 Å². The number of fused-ring (bicyclic) bond motifs is 6. The van der Waals surface area contributed by atoms with E-state index in [1.165, 1.54) is 6.58 Å². The zero-order chi connectivity index (χ0) is 87.4. The van der Waals surface area contributed by atoms with Crippen LogP contribution in [0.15, 0.2) is 414 Å². The molecule has 15 aromatic carbocycles. The van der Waals surface area contributed by atoms with Gasteiger partial charge in [-0.15, -0.1) is 5.69 Å². The van der Waals surface area contributed by atoms with Gasteiger partial charge in [-0.25, -0.2) is 48.6 Å². The number of benzene rings is 15. The van der Waals surface area contributed by atoms with E-state index in [1.54, 1.807) is 152 Å². The summed E-state index contributed by atoms with van der Waals surface area (Å²) in [5, 5.41) is 3.60. The quantitative estimate of drug-likeness (QED) is 0.0479. The van der Waals surface area contributed by atoms with E-state index in [0.717, 1.165) is 94.2 Å². The Kier molecular flexibility index (Phi) is 29.3. The first-order chi connectivity index (χ1) is 61.1. The van der Waals surface area contributed by atoms with Crippen molar-refractivity contribution in [2.75, 3.05) is 6.58 Å². The van der Waals surface area contributed by atoms with Crippen LogP contribution in [-0.2, 0) is 79.0 Å². The standard InChI is InChI=1S/C25H17N2O2S.C24H16N3O2S.2C16H13N2O2S.C12H10O.C8H10O.2Al.2Zn/c28-30(29,22-15-13-19(14-16-22)18-7-2-1-3-8-18)27-24-12-6-10-21-17-20-9-4-5-11-23(20)26-25(21)24;28-30(29,19-15-13-18(14-16-19)17-7-2-1-3-8-17)27-23-12-6-11-22-24(23)26-21-10-5-4-9-20(21)25-22;2*1-12-10-11-13-6-5-9-15(16(13)17-12)18-21(19,20)14-7-3-2-4-8-14;13-12-8-6-11(7-9-12)10-4-2-1-3-5-10;1-6-4-3-5-7(2)8(6)9;;;;/h1-17H;1-16H;2*2-11H,1H3;1-9,13H;3-5,9H,1-2H3;;;;/q4*-1;;;2*+2;;/p-2. The maximum atomic E-state index is 13.8. The molecule has 0 saturated carbocycles. The Hall–Kier alpha value is -12.7. The minimum Gasteiger partial charge on any atom is -0.631 e. The summed E-state index contributed by atoms with van der Waals surface area (Å²) >= 11 is -2.27. The number of para-hydroxylation sites is 8. The second-order valence-corrected chi connectivity index (χ2v) is 38.7. The molecule has 0 amide bonds. The molecule has 0 spiro atoms. The first kappa shape index (κ1) is 91.5. The van der Waals surface area contributed by atoms with E-state index >= 15 is 0 Å². The first-order valence-corrected chi connectivity index (χ1v) is 47.7. The van der Waals surface area contributed by atoms with Gasteiger partial charge >= 0.3 is 31.5 Å². The molecular formula is C101H77Al2N9O10S4Zn2-2. The molecule has 19 rings (SSSR count). The summed E-state index contributed by atoms with van der Waals surface area (Å²) in [4.78, 5) is 23.8. The predicted octanol–water partition coefficient (Wildman–Crippen LogP) is 23.3. The van der Waals surface area contributed by atoms with Crippen LogP contribution in [-0.4, -0.2) is 90.1 Å². The van der Waals surface area contributed by atoms with Crippen LogP contribution < -0.4 is 14.2 Å². The molecule has 128 heavy (non-hydrogen) atoms. The molecule has 19 nitrogen and oxygen atoms in total. The van der Waals surface area contributed by atoms with Gasteiger partial charge in [0.15, 0.2) is 0 Å². The maximum absolute atomic E-state index is 13.8. The topological polar surface area (TPSA) is 254 Å². The molecule has 19 aromatic rings. The van der Waals surface area contributed by atoms with Gasteiger partial charge < -0.3 is 23.6 Å². The van der Waals surface area contributed by atoms with E-state index in [0.29, 0.717) is 55.9 Å². The van der Waals surface area contributed by atoms with Crippen molar-refractivity contribution in [2.24, 2.45) is 0 Å². The van der Waals surface area contributed by atoms with Gasteiger partial charge in [-0.1, -0.05) is 285 Å². The second kappa shape index (κ2) is 40.9. The third-order valence-corrected chi connectivity index (χ3v) is 30.1. The van der Waals surface area contributed by atoms with E-state index in [2.05, 4.69) is 34.4 Å². The molecule has 0 aliphatic heterocycles. The number of hydrogen-bond donors (Lipinski definition) is 0. The molecule has 27 heteroatoms. The molecule has 0 N–H and O–H groups in total. The molecule has 0 atom stereocenters. The third kappa shape index (κ3) is 21.3. The zero-order valence-corrected chi connectivity index (χ0v) is 81.3. The van der Waals surface area contributed by atoms with Crippen LogP contribution in [0.1, 0.15) is 22.5 Å². The normalized spacial score (nSPS) is 11.2. The van der Waals surface area contributed by atoms with E-state index in [4.69, 9.17) is 7.58 Å². The number of sulfonamides is 4. The van der Waals surface area contributed by atoms with Gasteiger partial charge in [-0.2, -0.15) is 0 Å². The summed E-state index contributed by atoms with van der Waals surface area (Å²) in [6.45, 7) is 7.71. The van der Waals surface area contributed by atoms with Gasteiger partial charge in [0.05, 0.1) is 86.6 Å². The minimum atomic E-state index is -3.90. The Balaban J connectivity index is 0.000000138. The van der Waals surface area contributed by atoms with E-state index in [9.17, 15) is 33.7 Å². The average molecular weight is 1890 g/mol. The molecule has 622 valence electrons. The van der Waals surface area contributed by atoms with Crippen molar-refractivity contribution in [2.45, 2.75) is 47.3 Å². The maximum Gasteiger partial charge on any atom is 0.730 e.